The van der Waals surface area contributed by atoms with Gasteiger partial charge in [-0.05, 0) is 6.07 Å². The fourth-order valence-electron chi connectivity index (χ4n) is 1.50. The van der Waals surface area contributed by atoms with Crippen LogP contribution in [0.1, 0.15) is 19.4 Å². The second-order valence-electron chi connectivity index (χ2n) is 3.19. The van der Waals surface area contributed by atoms with E-state index in [0.29, 0.717) is 0 Å². The van der Waals surface area contributed by atoms with E-state index in [2.05, 4.69) is 0 Å². The number of alkyl halides is 2. The predicted octanol–water partition coefficient (Wildman–Crippen LogP) is 3.73. The van der Waals surface area contributed by atoms with E-state index in [1.807, 2.05) is 0 Å². The first-order chi connectivity index (χ1) is 7.04. The van der Waals surface area contributed by atoms with Crippen LogP contribution in [0.3, 0.4) is 0 Å². The molecule has 0 N–H and O–H groups in total. The van der Waals surface area contributed by atoms with Gasteiger partial charge in [0.1, 0.15) is 0 Å². The fourth-order valence-corrected chi connectivity index (χ4v) is 1.75. The predicted molar refractivity (Wildman–Crippen MR) is 58.3 cm³/mol. The Balaban J connectivity index is 3.09. The molecule has 0 saturated carbocycles. The van der Waals surface area contributed by atoms with Gasteiger partial charge >= 0.3 is 6.05 Å². The summed E-state index contributed by atoms with van der Waals surface area (Å²) in [5.74, 6) is 0. The smallest absolute Gasteiger partial charge is 0.241 e. The van der Waals surface area contributed by atoms with Crippen LogP contribution >= 0.6 is 11.6 Å². The molecule has 0 unspecified atom stereocenters. The molecule has 4 heteroatoms. The zero-order chi connectivity index (χ0) is 11.5. The van der Waals surface area contributed by atoms with Gasteiger partial charge < -0.3 is 0 Å². The molecule has 0 atom stereocenters. The van der Waals surface area contributed by atoms with Crippen molar-refractivity contribution < 1.29 is 8.78 Å². The Bertz CT molecular complexity index is 324. The number of hydrogen-bond acceptors (Lipinski definition) is 1. The molecule has 15 heavy (non-hydrogen) atoms. The van der Waals surface area contributed by atoms with Gasteiger partial charge in [0.15, 0.2) is 0 Å². The average molecular weight is 234 g/mol. The highest BCUT2D eigenvalue weighted by Crippen LogP contribution is 2.35. The summed E-state index contributed by atoms with van der Waals surface area (Å²) in [4.78, 5) is 1.08. The minimum Gasteiger partial charge on any atom is -0.241 e. The lowest BCUT2D eigenvalue weighted by Gasteiger charge is -2.29. The normalized spacial score (nSPS) is 12.1. The van der Waals surface area contributed by atoms with Gasteiger partial charge in [0.2, 0.25) is 0 Å². The van der Waals surface area contributed by atoms with Crippen LogP contribution in [0.5, 0.6) is 0 Å². The third-order valence-corrected chi connectivity index (χ3v) is 2.69. The molecule has 1 nitrogen and oxygen atoms in total. The zero-order valence-corrected chi connectivity index (χ0v) is 9.56. The van der Waals surface area contributed by atoms with E-state index < -0.39 is 6.05 Å². The minimum absolute atomic E-state index is 0.106. The Morgan fingerprint density at radius 1 is 1.20 bits per heavy atom. The van der Waals surface area contributed by atoms with E-state index in [-0.39, 0.29) is 23.7 Å². The Kier molecular flexibility index (Phi) is 4.05. The third-order valence-electron chi connectivity index (χ3n) is 2.36. The molecule has 0 heterocycles. The van der Waals surface area contributed by atoms with Gasteiger partial charge in [-0.3, -0.25) is 0 Å². The van der Waals surface area contributed by atoms with Gasteiger partial charge in [0.05, 0.1) is 10.6 Å². The maximum Gasteiger partial charge on any atom is 0.333 e. The van der Waals surface area contributed by atoms with E-state index in [0.717, 1.165) is 4.90 Å². The van der Waals surface area contributed by atoms with Crippen LogP contribution in [-0.2, 0) is 6.05 Å². The zero-order valence-electron chi connectivity index (χ0n) is 8.80. The molecule has 0 amide bonds. The van der Waals surface area contributed by atoms with E-state index in [1.165, 1.54) is 12.1 Å². The molecule has 1 rings (SSSR count). The van der Waals surface area contributed by atoms with Crippen LogP contribution in [0.25, 0.3) is 0 Å². The molecule has 0 bridgehead atoms. The van der Waals surface area contributed by atoms with Crippen molar-refractivity contribution in [3.8, 4) is 0 Å². The SMILES string of the molecule is CCN(CC)C(F)(F)c1ccccc1Cl. The quantitative estimate of drug-likeness (QED) is 0.717. The van der Waals surface area contributed by atoms with Crippen molar-refractivity contribution in [2.24, 2.45) is 0 Å². The lowest BCUT2D eigenvalue weighted by molar-refractivity contribution is -0.150. The molecule has 0 aliphatic rings. The van der Waals surface area contributed by atoms with Crippen molar-refractivity contribution >= 4 is 11.6 Å². The van der Waals surface area contributed by atoms with Crippen LogP contribution in [0, 0.1) is 0 Å². The molecule has 0 aromatic heterocycles. The Morgan fingerprint density at radius 3 is 2.20 bits per heavy atom. The van der Waals surface area contributed by atoms with Crippen LogP contribution < -0.4 is 0 Å². The molecule has 0 radical (unpaired) electrons. The average Bonchev–Trinajstić information content (AvgIpc) is 2.19. The van der Waals surface area contributed by atoms with Gasteiger partial charge in [0.25, 0.3) is 0 Å². The lowest BCUT2D eigenvalue weighted by atomic mass is 10.1. The Labute approximate surface area is 93.7 Å². The number of rotatable bonds is 4. The van der Waals surface area contributed by atoms with Crippen LogP contribution in [0.2, 0.25) is 5.02 Å². The highest BCUT2D eigenvalue weighted by atomic mass is 35.5. The minimum atomic E-state index is -3.00. The largest absolute Gasteiger partial charge is 0.333 e. The standard InChI is InChI=1S/C11H14ClF2N/c1-3-15(4-2)11(13,14)9-7-5-6-8-10(9)12/h5-8H,3-4H2,1-2H3. The van der Waals surface area contributed by atoms with Crippen LogP contribution in [-0.4, -0.2) is 18.0 Å². The van der Waals surface area contributed by atoms with Gasteiger partial charge in [-0.1, -0.05) is 43.6 Å². The number of nitrogens with zero attached hydrogens (tertiary/aromatic N) is 1. The van der Waals surface area contributed by atoms with Gasteiger partial charge in [-0.2, -0.15) is 8.78 Å². The van der Waals surface area contributed by atoms with Gasteiger partial charge in [-0.15, -0.1) is 0 Å². The molecule has 1 aromatic rings. The molecule has 1 aromatic carbocycles. The van der Waals surface area contributed by atoms with Crippen LogP contribution in [0.15, 0.2) is 24.3 Å². The fraction of sp³-hybridized carbons (Fsp3) is 0.455. The van der Waals surface area contributed by atoms with Crippen molar-refractivity contribution in [2.75, 3.05) is 13.1 Å². The molecule has 0 aliphatic heterocycles. The Hall–Kier alpha value is -0.670. The molecule has 0 fully saturated rings. The van der Waals surface area contributed by atoms with Crippen molar-refractivity contribution in [2.45, 2.75) is 19.9 Å². The molecule has 0 spiro atoms. The molecule has 84 valence electrons. The van der Waals surface area contributed by atoms with Gasteiger partial charge in [-0.25, -0.2) is 4.90 Å². The number of halogens is 3. The first-order valence-electron chi connectivity index (χ1n) is 4.91. The first kappa shape index (κ1) is 12.4. The molecule has 0 saturated heterocycles. The summed E-state index contributed by atoms with van der Waals surface area (Å²) in [6.07, 6.45) is 0. The molecular formula is C11H14ClF2N. The molecule has 0 aliphatic carbocycles. The summed E-state index contributed by atoms with van der Waals surface area (Å²) in [6, 6.07) is 3.06. The van der Waals surface area contributed by atoms with Crippen LogP contribution in [0.4, 0.5) is 8.78 Å². The summed E-state index contributed by atoms with van der Waals surface area (Å²) in [6.45, 7) is 3.98. The third kappa shape index (κ3) is 2.47. The van der Waals surface area contributed by atoms with E-state index >= 15 is 0 Å². The van der Waals surface area contributed by atoms with E-state index in [9.17, 15) is 8.78 Å². The topological polar surface area (TPSA) is 3.24 Å². The summed E-state index contributed by atoms with van der Waals surface area (Å²) in [7, 11) is 0. The van der Waals surface area contributed by atoms with Crippen molar-refractivity contribution in [3.05, 3.63) is 34.9 Å². The number of benzene rings is 1. The highest BCUT2D eigenvalue weighted by Gasteiger charge is 2.38. The Morgan fingerprint density at radius 2 is 1.73 bits per heavy atom. The van der Waals surface area contributed by atoms with Crippen molar-refractivity contribution in [3.63, 3.8) is 0 Å². The van der Waals surface area contributed by atoms with Crippen molar-refractivity contribution in [1.82, 2.24) is 4.90 Å². The second-order valence-corrected chi connectivity index (χ2v) is 3.60. The molecular weight excluding hydrogens is 220 g/mol. The maximum absolute atomic E-state index is 13.9. The summed E-state index contributed by atoms with van der Waals surface area (Å²) < 4.78 is 27.8. The second kappa shape index (κ2) is 4.90. The van der Waals surface area contributed by atoms with Crippen molar-refractivity contribution in [1.29, 1.82) is 0 Å². The van der Waals surface area contributed by atoms with Gasteiger partial charge in [0, 0.05) is 13.1 Å². The van der Waals surface area contributed by atoms with E-state index in [1.54, 1.807) is 26.0 Å². The van der Waals surface area contributed by atoms with E-state index in [4.69, 9.17) is 11.6 Å². The highest BCUT2D eigenvalue weighted by molar-refractivity contribution is 6.31. The lowest BCUT2D eigenvalue weighted by Crippen LogP contribution is -2.39. The summed E-state index contributed by atoms with van der Waals surface area (Å²) in [5, 5.41) is 0.106. The maximum atomic E-state index is 13.9. The number of hydrogen-bond donors (Lipinski definition) is 0. The summed E-state index contributed by atoms with van der Waals surface area (Å²) in [5.41, 5.74) is -0.129. The summed E-state index contributed by atoms with van der Waals surface area (Å²) >= 11 is 5.76. The first-order valence-corrected chi connectivity index (χ1v) is 5.29. The monoisotopic (exact) mass is 233 g/mol.